The lowest BCUT2D eigenvalue weighted by atomic mass is 10.4. The van der Waals surface area contributed by atoms with Crippen LogP contribution in [0.2, 0.25) is 5.15 Å². The third-order valence-corrected chi connectivity index (χ3v) is 5.41. The minimum Gasteiger partial charge on any atom is -0.229 e. The molecule has 18 heavy (non-hydrogen) atoms. The van der Waals surface area contributed by atoms with E-state index in [0.717, 1.165) is 10.2 Å². The number of halogens is 1. The molecule has 98 valence electrons. The molecule has 0 aliphatic carbocycles. The van der Waals surface area contributed by atoms with Crippen molar-refractivity contribution in [2.75, 3.05) is 17.8 Å². The predicted molar refractivity (Wildman–Crippen MR) is 78.3 cm³/mol. The average Bonchev–Trinajstić information content (AvgIpc) is 2.71. The molecule has 0 atom stereocenters. The molecule has 0 aromatic carbocycles. The third-order valence-electron chi connectivity index (χ3n) is 2.15. The fraction of sp³-hybridized carbons (Fsp3) is 0.400. The maximum atomic E-state index is 11.0. The highest BCUT2D eigenvalue weighted by Crippen LogP contribution is 2.25. The van der Waals surface area contributed by atoms with Gasteiger partial charge in [-0.2, -0.15) is 11.8 Å². The van der Waals surface area contributed by atoms with E-state index in [1.807, 2.05) is 11.4 Å². The van der Waals surface area contributed by atoms with Gasteiger partial charge in [-0.05, 0) is 11.4 Å². The fourth-order valence-corrected chi connectivity index (χ4v) is 4.53. The van der Waals surface area contributed by atoms with Gasteiger partial charge in [0.15, 0.2) is 0 Å². The predicted octanol–water partition coefficient (Wildman–Crippen LogP) is 2.62. The summed E-state index contributed by atoms with van der Waals surface area (Å²) in [4.78, 5) is 9.45. The molecule has 0 unspecified atom stereocenters. The van der Waals surface area contributed by atoms with Gasteiger partial charge in [0.05, 0.1) is 11.5 Å². The lowest BCUT2D eigenvalue weighted by Gasteiger charge is -2.01. The van der Waals surface area contributed by atoms with Crippen LogP contribution in [0.1, 0.15) is 5.82 Å². The molecule has 0 spiro atoms. The van der Waals surface area contributed by atoms with Crippen molar-refractivity contribution in [1.29, 1.82) is 0 Å². The summed E-state index contributed by atoms with van der Waals surface area (Å²) in [5.74, 6) is 1.94. The molecule has 2 heterocycles. The van der Waals surface area contributed by atoms with E-state index < -0.39 is 9.84 Å². The van der Waals surface area contributed by atoms with Crippen LogP contribution in [-0.4, -0.2) is 36.1 Å². The molecule has 0 aliphatic heterocycles. The lowest BCUT2D eigenvalue weighted by molar-refractivity contribution is 0.603. The first-order valence-corrected chi connectivity index (χ1v) is 9.58. The van der Waals surface area contributed by atoms with Gasteiger partial charge in [-0.3, -0.25) is 0 Å². The van der Waals surface area contributed by atoms with Crippen LogP contribution in [-0.2, 0) is 15.6 Å². The quantitative estimate of drug-likeness (QED) is 0.625. The van der Waals surface area contributed by atoms with Crippen LogP contribution in [0.4, 0.5) is 0 Å². The number of fused-ring (bicyclic) bond motifs is 1. The third kappa shape index (κ3) is 3.81. The van der Waals surface area contributed by atoms with Gasteiger partial charge in [0.1, 0.15) is 25.6 Å². The number of hydrogen-bond acceptors (Lipinski definition) is 6. The van der Waals surface area contributed by atoms with Crippen LogP contribution in [0, 0.1) is 0 Å². The molecule has 8 heteroatoms. The maximum absolute atomic E-state index is 11.0. The van der Waals surface area contributed by atoms with E-state index in [2.05, 4.69) is 9.97 Å². The van der Waals surface area contributed by atoms with Crippen molar-refractivity contribution in [2.24, 2.45) is 0 Å². The highest BCUT2D eigenvalue weighted by atomic mass is 35.5. The number of sulfone groups is 1. The van der Waals surface area contributed by atoms with E-state index in [4.69, 9.17) is 11.6 Å². The number of nitrogens with zero attached hydrogens (tertiary/aromatic N) is 2. The zero-order valence-electron chi connectivity index (χ0n) is 9.59. The van der Waals surface area contributed by atoms with E-state index in [-0.39, 0.29) is 5.75 Å². The molecule has 0 N–H and O–H groups in total. The van der Waals surface area contributed by atoms with Gasteiger partial charge in [-0.15, -0.1) is 11.3 Å². The van der Waals surface area contributed by atoms with Crippen molar-refractivity contribution in [3.63, 3.8) is 0 Å². The number of thiophene rings is 1. The van der Waals surface area contributed by atoms with Gasteiger partial charge >= 0.3 is 0 Å². The minimum atomic E-state index is -2.90. The topological polar surface area (TPSA) is 59.9 Å². The first kappa shape index (κ1) is 14.0. The van der Waals surface area contributed by atoms with Crippen molar-refractivity contribution in [2.45, 2.75) is 5.75 Å². The molecule has 0 bridgehead atoms. The van der Waals surface area contributed by atoms with E-state index in [1.165, 1.54) is 29.4 Å². The van der Waals surface area contributed by atoms with Crippen molar-refractivity contribution in [3.05, 3.63) is 22.4 Å². The van der Waals surface area contributed by atoms with Crippen molar-refractivity contribution in [1.82, 2.24) is 9.97 Å². The van der Waals surface area contributed by atoms with Crippen molar-refractivity contribution < 1.29 is 8.42 Å². The smallest absolute Gasteiger partial charge is 0.148 e. The second-order valence-electron chi connectivity index (χ2n) is 3.75. The summed E-state index contributed by atoms with van der Waals surface area (Å²) in [6.07, 6.45) is 1.23. The standard InChI is InChI=1S/C10H11ClN2O2S3/c1-18(14,15)5-4-16-6-8-12-9(11)7-2-3-17-10(7)13-8/h2-3H,4-6H2,1H3. The zero-order valence-corrected chi connectivity index (χ0v) is 12.8. The van der Waals surface area contributed by atoms with Crippen LogP contribution < -0.4 is 0 Å². The van der Waals surface area contributed by atoms with Crippen LogP contribution >= 0.6 is 34.7 Å². The maximum Gasteiger partial charge on any atom is 0.148 e. The molecule has 0 fully saturated rings. The van der Waals surface area contributed by atoms with Crippen LogP contribution in [0.5, 0.6) is 0 Å². The summed E-state index contributed by atoms with van der Waals surface area (Å²) in [7, 11) is -2.90. The number of thioether (sulfide) groups is 1. The highest BCUT2D eigenvalue weighted by molar-refractivity contribution is 7.99. The van der Waals surface area contributed by atoms with E-state index in [0.29, 0.717) is 22.5 Å². The second-order valence-corrected chi connectivity index (χ2v) is 8.37. The van der Waals surface area contributed by atoms with E-state index >= 15 is 0 Å². The van der Waals surface area contributed by atoms with Crippen LogP contribution in [0.25, 0.3) is 10.2 Å². The van der Waals surface area contributed by atoms with E-state index in [1.54, 1.807) is 0 Å². The van der Waals surface area contributed by atoms with Crippen LogP contribution in [0.15, 0.2) is 11.4 Å². The molecule has 0 saturated carbocycles. The van der Waals surface area contributed by atoms with Gasteiger partial charge in [0.25, 0.3) is 0 Å². The largest absolute Gasteiger partial charge is 0.229 e. The Hall–Kier alpha value is -0.370. The number of aromatic nitrogens is 2. The Balaban J connectivity index is 1.99. The molecule has 0 radical (unpaired) electrons. The van der Waals surface area contributed by atoms with Gasteiger partial charge < -0.3 is 0 Å². The Labute approximate surface area is 119 Å². The Kier molecular flexibility index (Phi) is 4.47. The monoisotopic (exact) mass is 322 g/mol. The summed E-state index contributed by atoms with van der Waals surface area (Å²) in [6.45, 7) is 0. The summed E-state index contributed by atoms with van der Waals surface area (Å²) in [6, 6.07) is 1.89. The summed E-state index contributed by atoms with van der Waals surface area (Å²) < 4.78 is 21.9. The minimum absolute atomic E-state index is 0.173. The van der Waals surface area contributed by atoms with Gasteiger partial charge in [-0.25, -0.2) is 18.4 Å². The Bertz CT molecular complexity index is 654. The fourth-order valence-electron chi connectivity index (χ4n) is 1.30. The van der Waals surface area contributed by atoms with Crippen molar-refractivity contribution >= 4 is 54.8 Å². The van der Waals surface area contributed by atoms with Crippen LogP contribution in [0.3, 0.4) is 0 Å². The average molecular weight is 323 g/mol. The molecule has 0 saturated heterocycles. The molecule has 2 aromatic rings. The lowest BCUT2D eigenvalue weighted by Crippen LogP contribution is -2.05. The van der Waals surface area contributed by atoms with E-state index in [9.17, 15) is 8.42 Å². The Morgan fingerprint density at radius 2 is 2.22 bits per heavy atom. The van der Waals surface area contributed by atoms with Crippen molar-refractivity contribution in [3.8, 4) is 0 Å². The number of rotatable bonds is 5. The molecule has 2 rings (SSSR count). The van der Waals surface area contributed by atoms with Gasteiger partial charge in [0, 0.05) is 17.4 Å². The molecule has 4 nitrogen and oxygen atoms in total. The summed E-state index contributed by atoms with van der Waals surface area (Å²) in [5, 5.41) is 3.25. The molecule has 2 aromatic heterocycles. The molecular weight excluding hydrogens is 312 g/mol. The second kappa shape index (κ2) is 5.73. The number of hydrogen-bond donors (Lipinski definition) is 0. The normalized spacial score (nSPS) is 12.1. The highest BCUT2D eigenvalue weighted by Gasteiger charge is 2.08. The summed E-state index contributed by atoms with van der Waals surface area (Å²) in [5.41, 5.74) is 0. The van der Waals surface area contributed by atoms with Gasteiger partial charge in [-0.1, -0.05) is 11.6 Å². The first-order valence-electron chi connectivity index (χ1n) is 5.11. The first-order chi connectivity index (χ1) is 8.46. The molecular formula is C10H11ClN2O2S3. The Morgan fingerprint density at radius 3 is 2.94 bits per heavy atom. The van der Waals surface area contributed by atoms with Gasteiger partial charge in [0.2, 0.25) is 0 Å². The summed E-state index contributed by atoms with van der Waals surface area (Å²) >= 11 is 9.05. The zero-order chi connectivity index (χ0) is 13.2. The SMILES string of the molecule is CS(=O)(=O)CCSCc1nc(Cl)c2ccsc2n1. The molecule has 0 aliphatic rings. The Morgan fingerprint density at radius 1 is 1.44 bits per heavy atom. The molecule has 0 amide bonds.